The molecule has 0 aliphatic carbocycles. The Bertz CT molecular complexity index is 535. The van der Waals surface area contributed by atoms with Gasteiger partial charge in [-0.1, -0.05) is 24.3 Å². The predicted molar refractivity (Wildman–Crippen MR) is 65.6 cm³/mol. The zero-order chi connectivity index (χ0) is 13.0. The number of nitrogens with zero attached hydrogens (tertiary/aromatic N) is 1. The molecule has 4 heteroatoms. The molecule has 0 unspecified atom stereocenters. The fourth-order valence-electron chi connectivity index (χ4n) is 1.64. The average Bonchev–Trinajstić information content (AvgIpc) is 2.38. The van der Waals surface area contributed by atoms with Crippen LogP contribution in [-0.2, 0) is 11.2 Å². The number of hydrogen-bond donors (Lipinski definition) is 1. The number of pyridine rings is 1. The molecule has 0 aliphatic rings. The molecule has 1 aromatic carbocycles. The molecule has 1 N–H and O–H groups in total. The van der Waals surface area contributed by atoms with Gasteiger partial charge in [0.15, 0.2) is 0 Å². The lowest BCUT2D eigenvalue weighted by Gasteiger charge is -2.03. The van der Waals surface area contributed by atoms with E-state index in [1.807, 2.05) is 24.3 Å². The van der Waals surface area contributed by atoms with Crippen LogP contribution in [0.2, 0.25) is 0 Å². The van der Waals surface area contributed by atoms with Crippen LogP contribution in [0, 0.1) is 5.82 Å². The topological polar surface area (TPSA) is 50.2 Å². The van der Waals surface area contributed by atoms with Crippen LogP contribution in [0.5, 0.6) is 0 Å². The van der Waals surface area contributed by atoms with Crippen molar-refractivity contribution < 1.29 is 14.3 Å². The quantitative estimate of drug-likeness (QED) is 0.901. The largest absolute Gasteiger partial charge is 0.481 e. The third-order valence-electron chi connectivity index (χ3n) is 2.60. The molecule has 2 aromatic rings. The summed E-state index contributed by atoms with van der Waals surface area (Å²) in [5, 5.41) is 8.59. The van der Waals surface area contributed by atoms with E-state index in [1.165, 1.54) is 12.3 Å². The van der Waals surface area contributed by atoms with E-state index in [1.54, 1.807) is 6.07 Å². The van der Waals surface area contributed by atoms with Gasteiger partial charge in [0.05, 0.1) is 11.9 Å². The van der Waals surface area contributed by atoms with Gasteiger partial charge in [-0.2, -0.15) is 0 Å². The van der Waals surface area contributed by atoms with Crippen molar-refractivity contribution in [2.75, 3.05) is 0 Å². The number of benzene rings is 1. The fourth-order valence-corrected chi connectivity index (χ4v) is 1.64. The number of carbonyl (C=O) groups is 1. The van der Waals surface area contributed by atoms with Gasteiger partial charge in [-0.15, -0.1) is 0 Å². The van der Waals surface area contributed by atoms with Gasteiger partial charge in [0, 0.05) is 12.0 Å². The zero-order valence-corrected chi connectivity index (χ0v) is 9.64. The highest BCUT2D eigenvalue weighted by Crippen LogP contribution is 2.18. The highest BCUT2D eigenvalue weighted by atomic mass is 19.1. The lowest BCUT2D eigenvalue weighted by atomic mass is 10.1. The highest BCUT2D eigenvalue weighted by molar-refractivity contribution is 5.67. The van der Waals surface area contributed by atoms with E-state index < -0.39 is 5.97 Å². The van der Waals surface area contributed by atoms with E-state index in [0.717, 1.165) is 11.1 Å². The average molecular weight is 245 g/mol. The van der Waals surface area contributed by atoms with Gasteiger partial charge >= 0.3 is 5.97 Å². The number of rotatable bonds is 4. The summed E-state index contributed by atoms with van der Waals surface area (Å²) in [6.45, 7) is 0. The molecule has 1 aromatic heterocycles. The maximum Gasteiger partial charge on any atom is 0.303 e. The molecule has 0 radical (unpaired) electrons. The summed E-state index contributed by atoms with van der Waals surface area (Å²) in [7, 11) is 0. The second-order valence-corrected chi connectivity index (χ2v) is 3.95. The monoisotopic (exact) mass is 245 g/mol. The van der Waals surface area contributed by atoms with Gasteiger partial charge in [-0.3, -0.25) is 9.78 Å². The minimum atomic E-state index is -0.806. The fraction of sp³-hybridized carbons (Fsp3) is 0.143. The van der Waals surface area contributed by atoms with E-state index >= 15 is 0 Å². The Balaban J connectivity index is 2.12. The summed E-state index contributed by atoms with van der Waals surface area (Å²) in [4.78, 5) is 14.4. The minimum Gasteiger partial charge on any atom is -0.481 e. The van der Waals surface area contributed by atoms with Gasteiger partial charge in [-0.05, 0) is 24.1 Å². The van der Waals surface area contributed by atoms with Crippen LogP contribution in [0.4, 0.5) is 4.39 Å². The van der Waals surface area contributed by atoms with Crippen LogP contribution >= 0.6 is 0 Å². The van der Waals surface area contributed by atoms with Crippen LogP contribution < -0.4 is 0 Å². The summed E-state index contributed by atoms with van der Waals surface area (Å²) < 4.78 is 12.7. The first-order valence-electron chi connectivity index (χ1n) is 5.58. The maximum atomic E-state index is 12.7. The third kappa shape index (κ3) is 3.13. The molecule has 0 bridgehead atoms. The van der Waals surface area contributed by atoms with Crippen molar-refractivity contribution in [3.05, 3.63) is 54.0 Å². The van der Waals surface area contributed by atoms with Gasteiger partial charge in [0.1, 0.15) is 5.82 Å². The molecule has 0 atom stereocenters. The smallest absolute Gasteiger partial charge is 0.303 e. The van der Waals surface area contributed by atoms with Crippen LogP contribution in [0.1, 0.15) is 12.0 Å². The molecule has 0 aliphatic heterocycles. The lowest BCUT2D eigenvalue weighted by molar-refractivity contribution is -0.136. The van der Waals surface area contributed by atoms with Crippen molar-refractivity contribution >= 4 is 5.97 Å². The molecular weight excluding hydrogens is 233 g/mol. The summed E-state index contributed by atoms with van der Waals surface area (Å²) in [6, 6.07) is 10.4. The van der Waals surface area contributed by atoms with Crippen molar-refractivity contribution in [2.45, 2.75) is 12.8 Å². The molecule has 0 fully saturated rings. The second-order valence-electron chi connectivity index (χ2n) is 3.95. The second kappa shape index (κ2) is 5.40. The number of carboxylic acids is 1. The molecule has 1 heterocycles. The normalized spacial score (nSPS) is 10.3. The zero-order valence-electron chi connectivity index (χ0n) is 9.64. The van der Waals surface area contributed by atoms with Gasteiger partial charge < -0.3 is 5.11 Å². The van der Waals surface area contributed by atoms with Gasteiger partial charge in [0.25, 0.3) is 0 Å². The Morgan fingerprint density at radius 1 is 1.17 bits per heavy atom. The van der Waals surface area contributed by atoms with E-state index in [2.05, 4.69) is 4.98 Å². The number of aliphatic carboxylic acids is 1. The number of aryl methyl sites for hydroxylation is 1. The molecule has 0 amide bonds. The first-order chi connectivity index (χ1) is 8.65. The summed E-state index contributed by atoms with van der Waals surface area (Å²) in [5.74, 6) is -1.17. The van der Waals surface area contributed by atoms with Gasteiger partial charge in [0.2, 0.25) is 0 Å². The Morgan fingerprint density at radius 2 is 1.89 bits per heavy atom. The lowest BCUT2D eigenvalue weighted by Crippen LogP contribution is -1.97. The van der Waals surface area contributed by atoms with E-state index in [9.17, 15) is 9.18 Å². The summed E-state index contributed by atoms with van der Waals surface area (Å²) in [5.41, 5.74) is 2.54. The van der Waals surface area contributed by atoms with Crippen molar-refractivity contribution in [3.63, 3.8) is 0 Å². The number of halogens is 1. The number of carboxylic acid groups (broad SMARTS) is 1. The molecule has 0 spiro atoms. The van der Waals surface area contributed by atoms with Crippen LogP contribution in [0.3, 0.4) is 0 Å². The molecule has 0 saturated heterocycles. The molecule has 2 rings (SSSR count). The first-order valence-corrected chi connectivity index (χ1v) is 5.58. The molecule has 0 saturated carbocycles. The van der Waals surface area contributed by atoms with E-state index in [-0.39, 0.29) is 12.2 Å². The van der Waals surface area contributed by atoms with Crippen molar-refractivity contribution in [1.29, 1.82) is 0 Å². The maximum absolute atomic E-state index is 12.7. The van der Waals surface area contributed by atoms with Gasteiger partial charge in [-0.25, -0.2) is 4.39 Å². The van der Waals surface area contributed by atoms with Crippen molar-refractivity contribution in [3.8, 4) is 11.3 Å². The standard InChI is InChI=1S/C14H12FNO2/c15-12-6-7-13(16-9-12)11-4-1-10(2-5-11)3-8-14(17)18/h1-2,4-7,9H,3,8H2,(H,17,18). The van der Waals surface area contributed by atoms with Crippen molar-refractivity contribution in [2.24, 2.45) is 0 Å². The number of hydrogen-bond acceptors (Lipinski definition) is 2. The Kier molecular flexibility index (Phi) is 3.67. The van der Waals surface area contributed by atoms with Crippen LogP contribution in [-0.4, -0.2) is 16.1 Å². The predicted octanol–water partition coefficient (Wildman–Crippen LogP) is 2.90. The Labute approximate surface area is 104 Å². The Hall–Kier alpha value is -2.23. The van der Waals surface area contributed by atoms with E-state index in [0.29, 0.717) is 12.1 Å². The summed E-state index contributed by atoms with van der Waals surface area (Å²) in [6.07, 6.45) is 1.80. The third-order valence-corrected chi connectivity index (χ3v) is 2.60. The van der Waals surface area contributed by atoms with E-state index in [4.69, 9.17) is 5.11 Å². The van der Waals surface area contributed by atoms with Crippen molar-refractivity contribution in [1.82, 2.24) is 4.98 Å². The first kappa shape index (κ1) is 12.2. The molecule has 92 valence electrons. The van der Waals surface area contributed by atoms with Crippen LogP contribution in [0.15, 0.2) is 42.6 Å². The molecular formula is C14H12FNO2. The Morgan fingerprint density at radius 3 is 2.44 bits per heavy atom. The highest BCUT2D eigenvalue weighted by Gasteiger charge is 2.02. The molecule has 18 heavy (non-hydrogen) atoms. The van der Waals surface area contributed by atoms with Crippen LogP contribution in [0.25, 0.3) is 11.3 Å². The molecule has 3 nitrogen and oxygen atoms in total. The minimum absolute atomic E-state index is 0.119. The SMILES string of the molecule is O=C(O)CCc1ccc(-c2ccc(F)cn2)cc1. The summed E-state index contributed by atoms with van der Waals surface area (Å²) >= 11 is 0. The number of aromatic nitrogens is 1.